The molecule has 0 spiro atoms. The number of hydrogen-bond acceptors (Lipinski definition) is 2. The Bertz CT molecular complexity index is 543. The maximum Gasteiger partial charge on any atom is 0.0924 e. The van der Waals surface area contributed by atoms with Crippen molar-refractivity contribution < 1.29 is 5.11 Å². The third kappa shape index (κ3) is 3.10. The van der Waals surface area contributed by atoms with Gasteiger partial charge in [-0.05, 0) is 30.7 Å². The molecule has 94 valence electrons. The summed E-state index contributed by atoms with van der Waals surface area (Å²) in [6.45, 7) is 1.77. The number of pyridine rings is 1. The van der Waals surface area contributed by atoms with Gasteiger partial charge < -0.3 is 5.11 Å². The van der Waals surface area contributed by atoms with E-state index in [9.17, 15) is 5.11 Å². The van der Waals surface area contributed by atoms with Crippen LogP contribution in [0.1, 0.15) is 18.1 Å². The van der Waals surface area contributed by atoms with Gasteiger partial charge in [0, 0.05) is 33.9 Å². The minimum atomic E-state index is -0.980. The van der Waals surface area contributed by atoms with Gasteiger partial charge in [0.05, 0.1) is 5.60 Å². The Morgan fingerprint density at radius 3 is 2.78 bits per heavy atom. The fourth-order valence-corrected chi connectivity index (χ4v) is 2.56. The lowest BCUT2D eigenvalue weighted by Crippen LogP contribution is -2.24. The average molecular weight is 327 g/mol. The van der Waals surface area contributed by atoms with Crippen LogP contribution in [0.2, 0.25) is 5.02 Å². The van der Waals surface area contributed by atoms with E-state index < -0.39 is 5.60 Å². The molecule has 0 saturated carbocycles. The third-order valence-corrected chi connectivity index (χ3v) is 3.68. The molecule has 2 rings (SSSR count). The summed E-state index contributed by atoms with van der Waals surface area (Å²) >= 11 is 9.53. The van der Waals surface area contributed by atoms with Crippen molar-refractivity contribution >= 4 is 27.5 Å². The zero-order chi connectivity index (χ0) is 13.2. The van der Waals surface area contributed by atoms with Gasteiger partial charge in [0.2, 0.25) is 0 Å². The van der Waals surface area contributed by atoms with Crippen LogP contribution < -0.4 is 0 Å². The van der Waals surface area contributed by atoms with Crippen molar-refractivity contribution in [2.75, 3.05) is 0 Å². The van der Waals surface area contributed by atoms with E-state index in [-0.39, 0.29) is 0 Å². The summed E-state index contributed by atoms with van der Waals surface area (Å²) < 4.78 is 0.928. The molecule has 0 aliphatic carbocycles. The zero-order valence-electron chi connectivity index (χ0n) is 9.90. The van der Waals surface area contributed by atoms with Gasteiger partial charge >= 0.3 is 0 Å². The lowest BCUT2D eigenvalue weighted by atomic mass is 9.90. The first-order valence-corrected chi connectivity index (χ1v) is 6.73. The van der Waals surface area contributed by atoms with Crippen LogP contribution in [-0.4, -0.2) is 10.1 Å². The normalized spacial score (nSPS) is 14.2. The maximum atomic E-state index is 10.5. The average Bonchev–Trinajstić information content (AvgIpc) is 2.34. The fraction of sp³-hybridized carbons (Fsp3) is 0.214. The van der Waals surface area contributed by atoms with E-state index in [1.807, 2.05) is 30.3 Å². The molecule has 1 N–H and O–H groups in total. The second-order valence-corrected chi connectivity index (χ2v) is 5.75. The van der Waals surface area contributed by atoms with Crippen molar-refractivity contribution in [2.45, 2.75) is 18.9 Å². The predicted octanol–water partition coefficient (Wildman–Crippen LogP) is 3.95. The van der Waals surface area contributed by atoms with E-state index in [1.165, 1.54) is 0 Å². The lowest BCUT2D eigenvalue weighted by molar-refractivity contribution is 0.0573. The Morgan fingerprint density at radius 1 is 1.39 bits per heavy atom. The highest BCUT2D eigenvalue weighted by molar-refractivity contribution is 9.10. The molecular weight excluding hydrogens is 314 g/mol. The van der Waals surface area contributed by atoms with Gasteiger partial charge in [0.15, 0.2) is 0 Å². The number of rotatable bonds is 3. The van der Waals surface area contributed by atoms with Crippen LogP contribution in [0.5, 0.6) is 0 Å². The van der Waals surface area contributed by atoms with Crippen molar-refractivity contribution in [3.63, 3.8) is 0 Å². The topological polar surface area (TPSA) is 33.1 Å². The van der Waals surface area contributed by atoms with Crippen LogP contribution >= 0.6 is 27.5 Å². The summed E-state index contributed by atoms with van der Waals surface area (Å²) in [6, 6.07) is 9.33. The Morgan fingerprint density at radius 2 is 2.17 bits per heavy atom. The summed E-state index contributed by atoms with van der Waals surface area (Å²) in [5, 5.41) is 11.2. The maximum absolute atomic E-state index is 10.5. The van der Waals surface area contributed by atoms with Gasteiger partial charge in [-0.25, -0.2) is 0 Å². The van der Waals surface area contributed by atoms with E-state index >= 15 is 0 Å². The predicted molar refractivity (Wildman–Crippen MR) is 76.7 cm³/mol. The summed E-state index contributed by atoms with van der Waals surface area (Å²) in [5.74, 6) is 0. The van der Waals surface area contributed by atoms with Crippen LogP contribution in [0, 0.1) is 0 Å². The summed E-state index contributed by atoms with van der Waals surface area (Å²) in [5.41, 5.74) is 0.712. The Balaban J connectivity index is 2.28. The number of nitrogens with zero attached hydrogens (tertiary/aromatic N) is 1. The highest BCUT2D eigenvalue weighted by atomic mass is 79.9. The van der Waals surface area contributed by atoms with Crippen molar-refractivity contribution in [3.05, 3.63) is 63.3 Å². The van der Waals surface area contributed by atoms with Crippen LogP contribution in [0.3, 0.4) is 0 Å². The highest BCUT2D eigenvalue weighted by Gasteiger charge is 2.24. The second-order valence-electron chi connectivity index (χ2n) is 4.43. The number of aliphatic hydroxyl groups is 1. The number of benzene rings is 1. The number of halogens is 2. The molecule has 2 nitrogen and oxygen atoms in total. The molecule has 0 aliphatic rings. The largest absolute Gasteiger partial charge is 0.385 e. The van der Waals surface area contributed by atoms with Crippen molar-refractivity contribution in [2.24, 2.45) is 0 Å². The van der Waals surface area contributed by atoms with Crippen LogP contribution in [0.4, 0.5) is 0 Å². The van der Waals surface area contributed by atoms with Gasteiger partial charge in [-0.2, -0.15) is 0 Å². The van der Waals surface area contributed by atoms with Gasteiger partial charge in [-0.3, -0.25) is 4.98 Å². The molecule has 1 unspecified atom stereocenters. The molecule has 0 saturated heterocycles. The highest BCUT2D eigenvalue weighted by Crippen LogP contribution is 2.29. The molecule has 2 aromatic rings. The first-order chi connectivity index (χ1) is 8.49. The van der Waals surface area contributed by atoms with E-state index in [0.29, 0.717) is 11.4 Å². The lowest BCUT2D eigenvalue weighted by Gasteiger charge is -2.24. The van der Waals surface area contributed by atoms with E-state index in [2.05, 4.69) is 20.9 Å². The monoisotopic (exact) mass is 325 g/mol. The molecule has 4 heteroatoms. The Kier molecular flexibility index (Phi) is 4.05. The molecule has 1 aromatic heterocycles. The minimum absolute atomic E-state index is 0.449. The van der Waals surface area contributed by atoms with Crippen molar-refractivity contribution in [1.29, 1.82) is 0 Å². The molecular formula is C14H13BrClNO. The molecule has 1 aromatic carbocycles. The molecule has 1 atom stereocenters. The summed E-state index contributed by atoms with van der Waals surface area (Å²) in [7, 11) is 0. The van der Waals surface area contributed by atoms with Crippen molar-refractivity contribution in [3.8, 4) is 0 Å². The van der Waals surface area contributed by atoms with E-state index in [1.54, 1.807) is 19.3 Å². The molecule has 0 fully saturated rings. The van der Waals surface area contributed by atoms with Gasteiger partial charge in [0.1, 0.15) is 0 Å². The summed E-state index contributed by atoms with van der Waals surface area (Å²) in [6.07, 6.45) is 3.81. The standard InChI is InChI=1S/C14H13BrClNO/c1-14(18,11-3-2-6-17-9-11)8-10-4-5-12(15)7-13(10)16/h2-7,9,18H,8H2,1H3. The second kappa shape index (κ2) is 5.39. The molecule has 0 bridgehead atoms. The minimum Gasteiger partial charge on any atom is -0.385 e. The quantitative estimate of drug-likeness (QED) is 0.926. The van der Waals surface area contributed by atoms with Crippen LogP contribution in [0.15, 0.2) is 47.2 Å². The van der Waals surface area contributed by atoms with Crippen LogP contribution in [0.25, 0.3) is 0 Å². The fourth-order valence-electron chi connectivity index (χ4n) is 1.82. The van der Waals surface area contributed by atoms with E-state index in [0.717, 1.165) is 15.6 Å². The Hall–Kier alpha value is -0.900. The first-order valence-electron chi connectivity index (χ1n) is 5.56. The van der Waals surface area contributed by atoms with Gasteiger partial charge in [0.25, 0.3) is 0 Å². The first kappa shape index (κ1) is 13.5. The number of aromatic nitrogens is 1. The SMILES string of the molecule is CC(O)(Cc1ccc(Br)cc1Cl)c1cccnc1. The molecule has 0 amide bonds. The zero-order valence-corrected chi connectivity index (χ0v) is 12.2. The molecule has 0 radical (unpaired) electrons. The van der Waals surface area contributed by atoms with Gasteiger partial charge in [-0.15, -0.1) is 0 Å². The van der Waals surface area contributed by atoms with Gasteiger partial charge in [-0.1, -0.05) is 39.7 Å². The molecule has 1 heterocycles. The van der Waals surface area contributed by atoms with E-state index in [4.69, 9.17) is 11.6 Å². The van der Waals surface area contributed by atoms with Crippen molar-refractivity contribution in [1.82, 2.24) is 4.98 Å². The number of hydrogen-bond donors (Lipinski definition) is 1. The Labute approximate surface area is 120 Å². The molecule has 18 heavy (non-hydrogen) atoms. The smallest absolute Gasteiger partial charge is 0.0924 e. The van der Waals surface area contributed by atoms with Crippen LogP contribution in [-0.2, 0) is 12.0 Å². The summed E-state index contributed by atoms with van der Waals surface area (Å²) in [4.78, 5) is 4.03. The third-order valence-electron chi connectivity index (χ3n) is 2.83. The molecule has 0 aliphatic heterocycles.